The second-order valence-electron chi connectivity index (χ2n) is 5.76. The maximum absolute atomic E-state index is 10.9. The normalized spacial score (nSPS) is 18.0. The first-order valence-electron chi connectivity index (χ1n) is 7.09. The van der Waals surface area contributed by atoms with Crippen LogP contribution < -0.4 is 5.32 Å². The molecule has 104 valence electrons. The van der Waals surface area contributed by atoms with Gasteiger partial charge in [-0.3, -0.25) is 4.79 Å². The third-order valence-electron chi connectivity index (χ3n) is 4.39. The molecule has 0 radical (unpaired) electrons. The van der Waals surface area contributed by atoms with Crippen molar-refractivity contribution >= 4 is 5.97 Å². The molecule has 3 heteroatoms. The van der Waals surface area contributed by atoms with Crippen LogP contribution in [-0.2, 0) is 11.3 Å². The summed E-state index contributed by atoms with van der Waals surface area (Å²) in [6.07, 6.45) is 3.96. The molecule has 1 fully saturated rings. The van der Waals surface area contributed by atoms with Gasteiger partial charge in [0.1, 0.15) is 0 Å². The highest BCUT2D eigenvalue weighted by molar-refractivity contribution is 5.75. The monoisotopic (exact) mass is 261 g/mol. The Labute approximate surface area is 115 Å². The van der Waals surface area contributed by atoms with Crippen molar-refractivity contribution in [3.63, 3.8) is 0 Å². The first-order valence-corrected chi connectivity index (χ1v) is 7.09. The zero-order chi connectivity index (χ0) is 13.9. The quantitative estimate of drug-likeness (QED) is 0.792. The van der Waals surface area contributed by atoms with E-state index in [0.717, 1.165) is 18.7 Å². The number of nitrogens with one attached hydrogen (secondary N) is 1. The van der Waals surface area contributed by atoms with Crippen LogP contribution in [0.25, 0.3) is 0 Å². The van der Waals surface area contributed by atoms with Gasteiger partial charge in [0, 0.05) is 13.1 Å². The molecule has 1 aromatic carbocycles. The van der Waals surface area contributed by atoms with E-state index < -0.39 is 11.9 Å². The Morgan fingerprint density at radius 3 is 2.47 bits per heavy atom. The van der Waals surface area contributed by atoms with E-state index >= 15 is 0 Å². The summed E-state index contributed by atoms with van der Waals surface area (Å²) in [4.78, 5) is 10.9. The lowest BCUT2D eigenvalue weighted by Gasteiger charge is -2.14. The van der Waals surface area contributed by atoms with E-state index in [1.165, 1.54) is 24.8 Å². The van der Waals surface area contributed by atoms with E-state index in [2.05, 4.69) is 12.2 Å². The maximum atomic E-state index is 10.9. The Morgan fingerprint density at radius 2 is 2.00 bits per heavy atom. The summed E-state index contributed by atoms with van der Waals surface area (Å²) in [5.74, 6) is -1.21. The molecule has 1 aliphatic rings. The summed E-state index contributed by atoms with van der Waals surface area (Å²) in [6, 6.07) is 7.88. The third-order valence-corrected chi connectivity index (χ3v) is 4.39. The Hall–Kier alpha value is -1.35. The van der Waals surface area contributed by atoms with Crippen LogP contribution in [0.2, 0.25) is 0 Å². The van der Waals surface area contributed by atoms with Gasteiger partial charge in [0.25, 0.3) is 0 Å². The number of aliphatic carboxylic acids is 1. The second kappa shape index (κ2) is 5.74. The van der Waals surface area contributed by atoms with Gasteiger partial charge < -0.3 is 10.4 Å². The summed E-state index contributed by atoms with van der Waals surface area (Å²) in [5.41, 5.74) is 2.65. The largest absolute Gasteiger partial charge is 0.481 e. The highest BCUT2D eigenvalue weighted by Gasteiger charge is 2.39. The maximum Gasteiger partial charge on any atom is 0.310 e. The zero-order valence-electron chi connectivity index (χ0n) is 11.8. The van der Waals surface area contributed by atoms with Crippen LogP contribution in [0.15, 0.2) is 24.3 Å². The predicted octanol–water partition coefficient (Wildman–Crippen LogP) is 3.15. The average molecular weight is 261 g/mol. The smallest absolute Gasteiger partial charge is 0.310 e. The summed E-state index contributed by atoms with van der Waals surface area (Å²) in [6.45, 7) is 5.94. The van der Waals surface area contributed by atoms with E-state index in [9.17, 15) is 4.79 Å². The first kappa shape index (κ1) is 14.1. The topological polar surface area (TPSA) is 49.3 Å². The molecule has 1 aliphatic carbocycles. The number of carbonyl (C=O) groups is 1. The van der Waals surface area contributed by atoms with Crippen molar-refractivity contribution in [3.05, 3.63) is 35.4 Å². The minimum atomic E-state index is -0.774. The van der Waals surface area contributed by atoms with Gasteiger partial charge in [-0.05, 0) is 42.7 Å². The van der Waals surface area contributed by atoms with Crippen LogP contribution >= 0.6 is 0 Å². The fourth-order valence-corrected chi connectivity index (χ4v) is 2.37. The van der Waals surface area contributed by atoms with E-state index in [4.69, 9.17) is 5.11 Å². The molecule has 2 N–H and O–H groups in total. The van der Waals surface area contributed by atoms with E-state index in [1.54, 1.807) is 6.92 Å². The number of hydrogen-bond donors (Lipinski definition) is 2. The van der Waals surface area contributed by atoms with Gasteiger partial charge in [-0.25, -0.2) is 0 Å². The molecular weight excluding hydrogens is 238 g/mol. The van der Waals surface area contributed by atoms with Crippen molar-refractivity contribution in [1.29, 1.82) is 0 Å². The van der Waals surface area contributed by atoms with Crippen LogP contribution in [0.5, 0.6) is 0 Å². The Bertz CT molecular complexity index is 435. The molecule has 19 heavy (non-hydrogen) atoms. The molecule has 0 amide bonds. The lowest BCUT2D eigenvalue weighted by molar-refractivity contribution is -0.138. The lowest BCUT2D eigenvalue weighted by Crippen LogP contribution is -2.23. The van der Waals surface area contributed by atoms with E-state index in [1.807, 2.05) is 24.3 Å². The number of benzene rings is 1. The molecule has 1 aromatic rings. The van der Waals surface area contributed by atoms with Crippen LogP contribution in [0, 0.1) is 5.41 Å². The van der Waals surface area contributed by atoms with E-state index in [-0.39, 0.29) is 0 Å². The number of carboxylic acids is 1. The van der Waals surface area contributed by atoms with Gasteiger partial charge in [0.15, 0.2) is 0 Å². The molecule has 0 aromatic heterocycles. The van der Waals surface area contributed by atoms with Gasteiger partial charge in [-0.2, -0.15) is 0 Å². The van der Waals surface area contributed by atoms with Crippen molar-refractivity contribution < 1.29 is 9.90 Å². The fourth-order valence-electron chi connectivity index (χ4n) is 2.37. The first-order chi connectivity index (χ1) is 9.06. The number of hydrogen-bond acceptors (Lipinski definition) is 2. The van der Waals surface area contributed by atoms with Gasteiger partial charge in [0.2, 0.25) is 0 Å². The Balaban J connectivity index is 1.83. The van der Waals surface area contributed by atoms with Crippen molar-refractivity contribution in [3.8, 4) is 0 Å². The van der Waals surface area contributed by atoms with Gasteiger partial charge in [-0.15, -0.1) is 0 Å². The third kappa shape index (κ3) is 3.57. The molecule has 0 heterocycles. The molecular formula is C16H23NO2. The summed E-state index contributed by atoms with van der Waals surface area (Å²) < 4.78 is 0. The summed E-state index contributed by atoms with van der Waals surface area (Å²) in [5, 5.41) is 12.5. The zero-order valence-corrected chi connectivity index (χ0v) is 11.8. The molecule has 2 rings (SSSR count). The minimum Gasteiger partial charge on any atom is -0.481 e. The van der Waals surface area contributed by atoms with Crippen molar-refractivity contribution in [1.82, 2.24) is 5.32 Å². The van der Waals surface area contributed by atoms with Gasteiger partial charge >= 0.3 is 5.97 Å². The Kier molecular flexibility index (Phi) is 4.25. The molecule has 1 saturated carbocycles. The predicted molar refractivity (Wildman–Crippen MR) is 76.2 cm³/mol. The standard InChI is InChI=1S/C16H23NO2/c1-3-16(8-9-16)11-17-10-13-4-6-14(7-5-13)12(2)15(18)19/h4-7,12,17H,3,8-11H2,1-2H3,(H,18,19). The molecule has 0 saturated heterocycles. The van der Waals surface area contributed by atoms with E-state index in [0.29, 0.717) is 5.41 Å². The number of carboxylic acid groups (broad SMARTS) is 1. The SMILES string of the molecule is CCC1(CNCc2ccc(C(C)C(=O)O)cc2)CC1. The average Bonchev–Trinajstić information content (AvgIpc) is 3.19. The molecule has 1 unspecified atom stereocenters. The van der Waals surface area contributed by atoms with Crippen molar-refractivity contribution in [2.45, 2.75) is 45.6 Å². The molecule has 3 nitrogen and oxygen atoms in total. The number of rotatable bonds is 7. The Morgan fingerprint density at radius 1 is 1.37 bits per heavy atom. The highest BCUT2D eigenvalue weighted by atomic mass is 16.4. The molecule has 0 bridgehead atoms. The summed E-state index contributed by atoms with van der Waals surface area (Å²) >= 11 is 0. The molecule has 0 aliphatic heterocycles. The molecule has 1 atom stereocenters. The highest BCUT2D eigenvalue weighted by Crippen LogP contribution is 2.47. The van der Waals surface area contributed by atoms with Gasteiger partial charge in [0.05, 0.1) is 5.92 Å². The van der Waals surface area contributed by atoms with Gasteiger partial charge in [-0.1, -0.05) is 31.2 Å². The second-order valence-corrected chi connectivity index (χ2v) is 5.76. The van der Waals surface area contributed by atoms with Crippen LogP contribution in [-0.4, -0.2) is 17.6 Å². The summed E-state index contributed by atoms with van der Waals surface area (Å²) in [7, 11) is 0. The lowest BCUT2D eigenvalue weighted by atomic mass is 10.00. The van der Waals surface area contributed by atoms with Crippen molar-refractivity contribution in [2.75, 3.05) is 6.54 Å². The minimum absolute atomic E-state index is 0.433. The van der Waals surface area contributed by atoms with Crippen molar-refractivity contribution in [2.24, 2.45) is 5.41 Å². The fraction of sp³-hybridized carbons (Fsp3) is 0.562. The van der Waals surface area contributed by atoms with Crippen LogP contribution in [0.1, 0.15) is 50.2 Å². The van der Waals surface area contributed by atoms with Crippen LogP contribution in [0.4, 0.5) is 0 Å². The molecule has 0 spiro atoms. The van der Waals surface area contributed by atoms with Crippen LogP contribution in [0.3, 0.4) is 0 Å².